The number of nitrogens with one attached hydrogen (secondary N) is 1. The van der Waals surface area contributed by atoms with E-state index < -0.39 is 0 Å². The van der Waals surface area contributed by atoms with E-state index in [1.807, 2.05) is 6.92 Å². The Bertz CT molecular complexity index is 370. The second-order valence-electron chi connectivity index (χ2n) is 4.05. The Labute approximate surface area is 94.6 Å². The zero-order valence-corrected chi connectivity index (χ0v) is 9.50. The van der Waals surface area contributed by atoms with Crippen LogP contribution in [0.25, 0.3) is 0 Å². The maximum Gasteiger partial charge on any atom is 0.131 e. The van der Waals surface area contributed by atoms with Crippen LogP contribution in [-0.2, 0) is 4.74 Å². The molecule has 1 aliphatic rings. The van der Waals surface area contributed by atoms with Gasteiger partial charge in [-0.3, -0.25) is 0 Å². The minimum atomic E-state index is -0.255. The number of morpholine rings is 1. The van der Waals surface area contributed by atoms with Crippen molar-refractivity contribution in [2.45, 2.75) is 19.0 Å². The van der Waals surface area contributed by atoms with Gasteiger partial charge in [0.15, 0.2) is 0 Å². The molecule has 1 aromatic carbocycles. The van der Waals surface area contributed by atoms with Crippen molar-refractivity contribution >= 4 is 0 Å². The Morgan fingerprint density at radius 1 is 1.44 bits per heavy atom. The van der Waals surface area contributed by atoms with Crippen LogP contribution in [0.3, 0.4) is 0 Å². The number of rotatable bonds is 2. The average molecular weight is 225 g/mol. The third kappa shape index (κ3) is 2.33. The summed E-state index contributed by atoms with van der Waals surface area (Å²) in [5, 5.41) is 3.31. The monoisotopic (exact) mass is 225 g/mol. The van der Waals surface area contributed by atoms with E-state index >= 15 is 0 Å². The van der Waals surface area contributed by atoms with E-state index in [1.165, 1.54) is 13.2 Å². The van der Waals surface area contributed by atoms with E-state index in [2.05, 4.69) is 5.32 Å². The smallest absolute Gasteiger partial charge is 0.131 e. The molecule has 3 nitrogen and oxygen atoms in total. The van der Waals surface area contributed by atoms with E-state index in [1.54, 1.807) is 12.1 Å². The van der Waals surface area contributed by atoms with Gasteiger partial charge in [-0.1, -0.05) is 6.07 Å². The molecule has 0 amide bonds. The van der Waals surface area contributed by atoms with E-state index in [0.29, 0.717) is 24.5 Å². The number of methoxy groups -OCH3 is 1. The fraction of sp³-hybridized carbons (Fsp3) is 0.500. The zero-order valence-electron chi connectivity index (χ0n) is 9.50. The van der Waals surface area contributed by atoms with E-state index in [0.717, 1.165) is 0 Å². The lowest BCUT2D eigenvalue weighted by molar-refractivity contribution is 0.0493. The van der Waals surface area contributed by atoms with Crippen molar-refractivity contribution in [3.8, 4) is 5.75 Å². The molecule has 2 rings (SSSR count). The Balaban J connectivity index is 2.19. The second-order valence-corrected chi connectivity index (χ2v) is 4.05. The van der Waals surface area contributed by atoms with Crippen LogP contribution < -0.4 is 10.1 Å². The lowest BCUT2D eigenvalue weighted by atomic mass is 10.0. The molecule has 0 spiro atoms. The Morgan fingerprint density at radius 3 is 2.88 bits per heavy atom. The quantitative estimate of drug-likeness (QED) is 0.833. The summed E-state index contributed by atoms with van der Waals surface area (Å²) in [6, 6.07) is 5.08. The summed E-state index contributed by atoms with van der Waals surface area (Å²) in [5.41, 5.74) is 0.632. The van der Waals surface area contributed by atoms with Crippen LogP contribution in [0.15, 0.2) is 18.2 Å². The SMILES string of the molecule is COc1ccc(C2COCC(C)N2)c(F)c1. The molecule has 1 saturated heterocycles. The highest BCUT2D eigenvalue weighted by atomic mass is 19.1. The van der Waals surface area contributed by atoms with Gasteiger partial charge in [0.25, 0.3) is 0 Å². The summed E-state index contributed by atoms with van der Waals surface area (Å²) >= 11 is 0. The molecule has 1 aromatic rings. The molecule has 1 heterocycles. The van der Waals surface area contributed by atoms with Gasteiger partial charge in [-0.05, 0) is 13.0 Å². The summed E-state index contributed by atoms with van der Waals surface area (Å²) < 4.78 is 24.1. The molecule has 88 valence electrons. The first-order valence-corrected chi connectivity index (χ1v) is 5.38. The highest BCUT2D eigenvalue weighted by molar-refractivity contribution is 5.31. The van der Waals surface area contributed by atoms with Gasteiger partial charge in [-0.2, -0.15) is 0 Å². The van der Waals surface area contributed by atoms with Crippen molar-refractivity contribution in [3.05, 3.63) is 29.6 Å². The number of halogens is 1. The minimum absolute atomic E-state index is 0.0744. The molecule has 2 unspecified atom stereocenters. The predicted molar refractivity (Wildman–Crippen MR) is 59.1 cm³/mol. The molecule has 1 aliphatic heterocycles. The molecule has 0 aromatic heterocycles. The summed E-state index contributed by atoms with van der Waals surface area (Å²) in [5.74, 6) is 0.278. The molecule has 1 fully saturated rings. The lowest BCUT2D eigenvalue weighted by Gasteiger charge is -2.29. The van der Waals surface area contributed by atoms with Crippen molar-refractivity contribution in [2.24, 2.45) is 0 Å². The van der Waals surface area contributed by atoms with Crippen LogP contribution >= 0.6 is 0 Å². The van der Waals surface area contributed by atoms with Crippen LogP contribution in [-0.4, -0.2) is 26.4 Å². The standard InChI is InChI=1S/C12H16FNO2/c1-8-6-16-7-12(14-8)10-4-3-9(15-2)5-11(10)13/h3-5,8,12,14H,6-7H2,1-2H3. The van der Waals surface area contributed by atoms with Crippen LogP contribution in [0.2, 0.25) is 0 Å². The third-order valence-corrected chi connectivity index (χ3v) is 2.72. The normalized spacial score (nSPS) is 25.4. The molecule has 4 heteroatoms. The molecular formula is C12H16FNO2. The number of hydrogen-bond acceptors (Lipinski definition) is 3. The number of benzene rings is 1. The van der Waals surface area contributed by atoms with Gasteiger partial charge in [-0.25, -0.2) is 4.39 Å². The molecule has 0 aliphatic carbocycles. The van der Waals surface area contributed by atoms with E-state index in [9.17, 15) is 4.39 Å². The van der Waals surface area contributed by atoms with Crippen molar-refractivity contribution in [1.82, 2.24) is 5.32 Å². The third-order valence-electron chi connectivity index (χ3n) is 2.72. The van der Waals surface area contributed by atoms with Crippen LogP contribution in [0.1, 0.15) is 18.5 Å². The largest absolute Gasteiger partial charge is 0.497 e. The van der Waals surface area contributed by atoms with Crippen molar-refractivity contribution in [1.29, 1.82) is 0 Å². The summed E-state index contributed by atoms with van der Waals surface area (Å²) in [6.45, 7) is 3.20. The van der Waals surface area contributed by atoms with E-state index in [-0.39, 0.29) is 17.9 Å². The molecule has 2 atom stereocenters. The first kappa shape index (κ1) is 11.4. The fourth-order valence-electron chi connectivity index (χ4n) is 1.90. The van der Waals surface area contributed by atoms with Gasteiger partial charge in [0.1, 0.15) is 11.6 Å². The minimum Gasteiger partial charge on any atom is -0.497 e. The maximum absolute atomic E-state index is 13.8. The van der Waals surface area contributed by atoms with Gasteiger partial charge in [-0.15, -0.1) is 0 Å². The Kier molecular flexibility index (Phi) is 3.41. The average Bonchev–Trinajstić information content (AvgIpc) is 2.28. The Hall–Kier alpha value is -1.13. The fourth-order valence-corrected chi connectivity index (χ4v) is 1.90. The van der Waals surface area contributed by atoms with Crippen molar-refractivity contribution in [2.75, 3.05) is 20.3 Å². The predicted octanol–water partition coefficient (Wildman–Crippen LogP) is 1.88. The first-order chi connectivity index (χ1) is 7.70. The van der Waals surface area contributed by atoms with Gasteiger partial charge >= 0.3 is 0 Å². The second kappa shape index (κ2) is 4.80. The first-order valence-electron chi connectivity index (χ1n) is 5.38. The van der Waals surface area contributed by atoms with Gasteiger partial charge in [0.2, 0.25) is 0 Å². The van der Waals surface area contributed by atoms with Crippen molar-refractivity contribution in [3.63, 3.8) is 0 Å². The molecular weight excluding hydrogens is 209 g/mol. The number of ether oxygens (including phenoxy) is 2. The number of hydrogen-bond donors (Lipinski definition) is 1. The molecule has 0 saturated carbocycles. The highest BCUT2D eigenvalue weighted by Gasteiger charge is 2.22. The van der Waals surface area contributed by atoms with Gasteiger partial charge in [0.05, 0.1) is 26.4 Å². The topological polar surface area (TPSA) is 30.5 Å². The van der Waals surface area contributed by atoms with Gasteiger partial charge < -0.3 is 14.8 Å². The molecule has 0 radical (unpaired) electrons. The zero-order chi connectivity index (χ0) is 11.5. The molecule has 16 heavy (non-hydrogen) atoms. The van der Waals surface area contributed by atoms with Crippen LogP contribution in [0, 0.1) is 5.82 Å². The Morgan fingerprint density at radius 2 is 2.25 bits per heavy atom. The van der Waals surface area contributed by atoms with Gasteiger partial charge in [0, 0.05) is 17.7 Å². The van der Waals surface area contributed by atoms with Crippen LogP contribution in [0.4, 0.5) is 4.39 Å². The summed E-state index contributed by atoms with van der Waals surface area (Å²) in [6.07, 6.45) is 0. The maximum atomic E-state index is 13.8. The van der Waals surface area contributed by atoms with E-state index in [4.69, 9.17) is 9.47 Å². The highest BCUT2D eigenvalue weighted by Crippen LogP contribution is 2.24. The van der Waals surface area contributed by atoms with Crippen molar-refractivity contribution < 1.29 is 13.9 Å². The lowest BCUT2D eigenvalue weighted by Crippen LogP contribution is -2.42. The molecule has 0 bridgehead atoms. The summed E-state index contributed by atoms with van der Waals surface area (Å²) in [4.78, 5) is 0. The molecule has 1 N–H and O–H groups in total. The summed E-state index contributed by atoms with van der Waals surface area (Å²) in [7, 11) is 1.53. The van der Waals surface area contributed by atoms with Crippen LogP contribution in [0.5, 0.6) is 5.75 Å².